The van der Waals surface area contributed by atoms with Crippen molar-refractivity contribution in [3.63, 3.8) is 0 Å². The Kier molecular flexibility index (Phi) is 5.36. The molecule has 0 spiro atoms. The number of hydroxylamine groups is 2. The molecule has 0 radical (unpaired) electrons. The molecule has 1 N–H and O–H groups in total. The number of aromatic nitrogens is 2. The van der Waals surface area contributed by atoms with Gasteiger partial charge in [0.2, 0.25) is 5.82 Å². The Bertz CT molecular complexity index is 787. The van der Waals surface area contributed by atoms with Gasteiger partial charge in [0.1, 0.15) is 0 Å². The number of amides is 2. The Labute approximate surface area is 153 Å². The number of alkyl halides is 3. The predicted octanol–water partition coefficient (Wildman–Crippen LogP) is 3.63. The van der Waals surface area contributed by atoms with E-state index in [9.17, 15) is 18.0 Å². The highest BCUT2D eigenvalue weighted by Gasteiger charge is 2.38. The first kappa shape index (κ1) is 19.2. The van der Waals surface area contributed by atoms with Gasteiger partial charge in [-0.25, -0.2) is 4.79 Å². The summed E-state index contributed by atoms with van der Waals surface area (Å²) in [5.74, 6) is -1.04. The monoisotopic (exact) mass is 384 g/mol. The van der Waals surface area contributed by atoms with Crippen LogP contribution in [0.5, 0.6) is 0 Å². The van der Waals surface area contributed by atoms with Crippen molar-refractivity contribution in [2.45, 2.75) is 38.5 Å². The first-order chi connectivity index (χ1) is 12.8. The van der Waals surface area contributed by atoms with Crippen LogP contribution in [-0.4, -0.2) is 34.4 Å². The number of hydrogen-bond acceptors (Lipinski definition) is 5. The van der Waals surface area contributed by atoms with Crippen molar-refractivity contribution >= 4 is 6.03 Å². The lowest BCUT2D eigenvalue weighted by Gasteiger charge is -2.23. The molecule has 1 aromatic heterocycles. The summed E-state index contributed by atoms with van der Waals surface area (Å²) in [6, 6.07) is 6.16. The minimum atomic E-state index is -4.69. The van der Waals surface area contributed by atoms with Gasteiger partial charge in [0, 0.05) is 11.6 Å². The summed E-state index contributed by atoms with van der Waals surface area (Å²) in [5, 5.41) is 7.41. The molecule has 0 aliphatic heterocycles. The highest BCUT2D eigenvalue weighted by Crippen LogP contribution is 2.32. The van der Waals surface area contributed by atoms with Crippen LogP contribution in [0, 0.1) is 5.92 Å². The normalized spacial score (nSPS) is 15.4. The number of carbonyl (C=O) groups is 1. The quantitative estimate of drug-likeness (QED) is 0.770. The molecule has 7 nitrogen and oxygen atoms in total. The van der Waals surface area contributed by atoms with Crippen molar-refractivity contribution < 1.29 is 27.3 Å². The lowest BCUT2D eigenvalue weighted by molar-refractivity contribution is -0.159. The second-order valence-electron chi connectivity index (χ2n) is 6.41. The maximum absolute atomic E-state index is 12.5. The molecule has 0 saturated heterocycles. The number of rotatable bonds is 6. The number of hydrogen-bond donors (Lipinski definition) is 1. The average Bonchev–Trinajstić information content (AvgIpc) is 3.35. The van der Waals surface area contributed by atoms with Crippen LogP contribution in [0.25, 0.3) is 11.4 Å². The Balaban J connectivity index is 1.63. The van der Waals surface area contributed by atoms with Crippen LogP contribution in [-0.2, 0) is 17.6 Å². The predicted molar refractivity (Wildman–Crippen MR) is 88.0 cm³/mol. The fourth-order valence-electron chi connectivity index (χ4n) is 2.58. The molecule has 3 rings (SSSR count). The summed E-state index contributed by atoms with van der Waals surface area (Å²) in [5.41, 5.74) is 1.10. The van der Waals surface area contributed by atoms with Crippen molar-refractivity contribution in [1.82, 2.24) is 20.5 Å². The van der Waals surface area contributed by atoms with E-state index in [0.717, 1.165) is 18.4 Å². The van der Waals surface area contributed by atoms with Gasteiger partial charge in [-0.3, -0.25) is 4.84 Å². The fraction of sp³-hybridized carbons (Fsp3) is 0.471. The Morgan fingerprint density at radius 2 is 2.04 bits per heavy atom. The van der Waals surface area contributed by atoms with E-state index in [-0.39, 0.29) is 24.4 Å². The molecule has 0 bridgehead atoms. The second kappa shape index (κ2) is 7.55. The summed E-state index contributed by atoms with van der Waals surface area (Å²) in [4.78, 5) is 20.7. The summed E-state index contributed by atoms with van der Waals surface area (Å²) in [7, 11) is 1.40. The molecule has 1 saturated carbocycles. The zero-order valence-electron chi connectivity index (χ0n) is 14.8. The van der Waals surface area contributed by atoms with Crippen molar-refractivity contribution in [1.29, 1.82) is 0 Å². The number of benzene rings is 1. The zero-order chi connectivity index (χ0) is 19.6. The lowest BCUT2D eigenvalue weighted by atomic mass is 10.1. The standard InChI is InChI=1S/C17H19F3N4O3/c1-10(12-7-8-12)21-16(25)24(26-2)9-11-3-5-13(6-4-11)14-22-15(27-23-14)17(18,19)20/h3-6,10,12H,7-9H2,1-2H3,(H,21,25)/t10-/m0/s1. The van der Waals surface area contributed by atoms with Gasteiger partial charge >= 0.3 is 18.1 Å². The van der Waals surface area contributed by atoms with E-state index >= 15 is 0 Å². The van der Waals surface area contributed by atoms with Crippen LogP contribution >= 0.6 is 0 Å². The average molecular weight is 384 g/mol. The third-order valence-corrected chi connectivity index (χ3v) is 4.33. The van der Waals surface area contributed by atoms with E-state index in [1.807, 2.05) is 6.92 Å². The van der Waals surface area contributed by atoms with Crippen molar-refractivity contribution in [3.8, 4) is 11.4 Å². The molecule has 1 heterocycles. The molecule has 2 aromatic rings. The zero-order valence-corrected chi connectivity index (χ0v) is 14.8. The number of urea groups is 1. The third-order valence-electron chi connectivity index (χ3n) is 4.33. The van der Waals surface area contributed by atoms with Crippen LogP contribution in [0.15, 0.2) is 28.8 Å². The second-order valence-corrected chi connectivity index (χ2v) is 6.41. The molecule has 1 aliphatic carbocycles. The molecule has 10 heteroatoms. The minimum absolute atomic E-state index is 0.0820. The smallest absolute Gasteiger partial charge is 0.333 e. The van der Waals surface area contributed by atoms with Crippen LogP contribution in [0.4, 0.5) is 18.0 Å². The van der Waals surface area contributed by atoms with Gasteiger partial charge in [0.15, 0.2) is 0 Å². The Morgan fingerprint density at radius 3 is 2.56 bits per heavy atom. The molecule has 2 amide bonds. The number of nitrogens with one attached hydrogen (secondary N) is 1. The first-order valence-corrected chi connectivity index (χ1v) is 8.40. The van der Waals surface area contributed by atoms with E-state index in [4.69, 9.17) is 4.84 Å². The largest absolute Gasteiger partial charge is 0.471 e. The summed E-state index contributed by atoms with van der Waals surface area (Å²) in [6.07, 6.45) is -2.46. The van der Waals surface area contributed by atoms with E-state index in [1.165, 1.54) is 12.2 Å². The Hall–Kier alpha value is -2.62. The Morgan fingerprint density at radius 1 is 1.37 bits per heavy atom. The third kappa shape index (κ3) is 4.76. The molecule has 146 valence electrons. The van der Waals surface area contributed by atoms with Crippen molar-refractivity contribution in [2.24, 2.45) is 5.92 Å². The van der Waals surface area contributed by atoms with Crippen molar-refractivity contribution in [2.75, 3.05) is 7.11 Å². The van der Waals surface area contributed by atoms with E-state index in [0.29, 0.717) is 11.5 Å². The fourth-order valence-corrected chi connectivity index (χ4v) is 2.58. The summed E-state index contributed by atoms with van der Waals surface area (Å²) < 4.78 is 41.8. The minimum Gasteiger partial charge on any atom is -0.333 e. The lowest BCUT2D eigenvalue weighted by Crippen LogP contribution is -2.43. The van der Waals surface area contributed by atoms with Crippen LogP contribution in [0.1, 0.15) is 31.2 Å². The highest BCUT2D eigenvalue weighted by atomic mass is 19.4. The number of halogens is 3. The topological polar surface area (TPSA) is 80.5 Å². The van der Waals surface area contributed by atoms with Gasteiger partial charge in [-0.2, -0.15) is 23.2 Å². The maximum atomic E-state index is 12.5. The molecule has 1 fully saturated rings. The molecule has 1 aromatic carbocycles. The molecular formula is C17H19F3N4O3. The first-order valence-electron chi connectivity index (χ1n) is 8.40. The van der Waals surface area contributed by atoms with Gasteiger partial charge in [0.25, 0.3) is 0 Å². The van der Waals surface area contributed by atoms with Crippen LogP contribution < -0.4 is 5.32 Å². The molecule has 1 atom stereocenters. The van der Waals surface area contributed by atoms with Crippen LogP contribution in [0.2, 0.25) is 0 Å². The number of nitrogens with zero attached hydrogens (tertiary/aromatic N) is 3. The summed E-state index contributed by atoms with van der Waals surface area (Å²) >= 11 is 0. The van der Waals surface area contributed by atoms with Gasteiger partial charge < -0.3 is 9.84 Å². The molecule has 0 unspecified atom stereocenters. The van der Waals surface area contributed by atoms with Gasteiger partial charge in [-0.15, -0.1) is 0 Å². The van der Waals surface area contributed by atoms with Crippen LogP contribution in [0.3, 0.4) is 0 Å². The maximum Gasteiger partial charge on any atom is 0.471 e. The highest BCUT2D eigenvalue weighted by molar-refractivity contribution is 5.73. The van der Waals surface area contributed by atoms with E-state index in [1.54, 1.807) is 24.3 Å². The molecular weight excluding hydrogens is 365 g/mol. The van der Waals surface area contributed by atoms with Crippen molar-refractivity contribution in [3.05, 3.63) is 35.7 Å². The van der Waals surface area contributed by atoms with Gasteiger partial charge in [-0.05, 0) is 31.2 Å². The number of carbonyl (C=O) groups excluding carboxylic acids is 1. The SMILES string of the molecule is CON(Cc1ccc(-c2noc(C(F)(F)F)n2)cc1)C(=O)N[C@@H](C)C1CC1. The van der Waals surface area contributed by atoms with Gasteiger partial charge in [0.05, 0.1) is 13.7 Å². The van der Waals surface area contributed by atoms with E-state index in [2.05, 4.69) is 20.0 Å². The van der Waals surface area contributed by atoms with Gasteiger partial charge in [-0.1, -0.05) is 29.4 Å². The molecule has 27 heavy (non-hydrogen) atoms. The van der Waals surface area contributed by atoms with E-state index < -0.39 is 12.1 Å². The summed E-state index contributed by atoms with van der Waals surface area (Å²) in [6.45, 7) is 2.14. The molecule has 1 aliphatic rings.